The Kier molecular flexibility index (Phi) is 11.3. The topological polar surface area (TPSA) is 105 Å². The van der Waals surface area contributed by atoms with E-state index >= 15 is 0 Å². The zero-order valence-electron chi connectivity index (χ0n) is 26.8. The van der Waals surface area contributed by atoms with Crippen molar-refractivity contribution < 1.29 is 19.4 Å². The lowest BCUT2D eigenvalue weighted by Crippen LogP contribution is -2.42. The maximum Gasteiger partial charge on any atom is 0.307 e. The Morgan fingerprint density at radius 2 is 1.77 bits per heavy atom. The van der Waals surface area contributed by atoms with Gasteiger partial charge in [0.1, 0.15) is 17.9 Å². The second-order valence-corrected chi connectivity index (χ2v) is 12.5. The SMILES string of the molecule is CCOc1ccc(-c2cc(CCCC3=NC(CCCc4ccc(C(C)(C)C)cc4)CC(=O)N3CC)ncn2)cc1CC(=O)O. The van der Waals surface area contributed by atoms with Crippen molar-refractivity contribution in [2.45, 2.75) is 97.4 Å². The maximum atomic E-state index is 13.0. The number of rotatable bonds is 14. The van der Waals surface area contributed by atoms with E-state index in [9.17, 15) is 14.7 Å². The molecule has 1 amide bonds. The Morgan fingerprint density at radius 3 is 2.45 bits per heavy atom. The third kappa shape index (κ3) is 8.97. The number of carbonyl (C=O) groups is 2. The van der Waals surface area contributed by atoms with Crippen molar-refractivity contribution in [3.05, 3.63) is 77.2 Å². The number of amidine groups is 1. The van der Waals surface area contributed by atoms with Gasteiger partial charge in [0.2, 0.25) is 5.91 Å². The first kappa shape index (κ1) is 32.8. The lowest BCUT2D eigenvalue weighted by atomic mass is 9.86. The number of hydrogen-bond acceptors (Lipinski definition) is 6. The predicted molar refractivity (Wildman–Crippen MR) is 174 cm³/mol. The smallest absolute Gasteiger partial charge is 0.307 e. The Morgan fingerprint density at radius 1 is 1.00 bits per heavy atom. The first-order valence-electron chi connectivity index (χ1n) is 15.8. The molecule has 2 aromatic carbocycles. The highest BCUT2D eigenvalue weighted by atomic mass is 16.5. The number of carboxylic acid groups (broad SMARTS) is 1. The van der Waals surface area contributed by atoms with Crippen molar-refractivity contribution in [3.63, 3.8) is 0 Å². The van der Waals surface area contributed by atoms with Crippen LogP contribution in [0.15, 0.2) is 59.9 Å². The summed E-state index contributed by atoms with van der Waals surface area (Å²) in [6, 6.07) is 16.4. The van der Waals surface area contributed by atoms with Crippen LogP contribution in [-0.4, -0.2) is 56.9 Å². The fraction of sp³-hybridized carbons (Fsp3) is 0.472. The molecule has 1 aliphatic heterocycles. The van der Waals surface area contributed by atoms with E-state index in [1.807, 2.05) is 36.9 Å². The summed E-state index contributed by atoms with van der Waals surface area (Å²) in [6.45, 7) is 11.6. The van der Waals surface area contributed by atoms with Gasteiger partial charge in [0, 0.05) is 36.2 Å². The van der Waals surface area contributed by atoms with Crippen LogP contribution in [0.1, 0.15) is 89.1 Å². The molecule has 0 aliphatic carbocycles. The van der Waals surface area contributed by atoms with Crippen molar-refractivity contribution in [1.29, 1.82) is 0 Å². The van der Waals surface area contributed by atoms with E-state index in [-0.39, 0.29) is 23.8 Å². The number of amides is 1. The highest BCUT2D eigenvalue weighted by Gasteiger charge is 2.27. The van der Waals surface area contributed by atoms with E-state index in [4.69, 9.17) is 9.73 Å². The van der Waals surface area contributed by atoms with Gasteiger partial charge in [-0.1, -0.05) is 45.0 Å². The average molecular weight is 599 g/mol. The summed E-state index contributed by atoms with van der Waals surface area (Å²) in [4.78, 5) is 40.2. The van der Waals surface area contributed by atoms with Crippen LogP contribution in [0.4, 0.5) is 0 Å². The summed E-state index contributed by atoms with van der Waals surface area (Å²) >= 11 is 0. The minimum atomic E-state index is -0.912. The summed E-state index contributed by atoms with van der Waals surface area (Å²) in [6.07, 6.45) is 7.00. The monoisotopic (exact) mass is 598 g/mol. The van der Waals surface area contributed by atoms with Gasteiger partial charge in [-0.3, -0.25) is 14.6 Å². The van der Waals surface area contributed by atoms with E-state index in [1.165, 1.54) is 11.1 Å². The molecule has 0 saturated carbocycles. The molecule has 4 rings (SSSR count). The molecule has 3 aromatic rings. The number of aromatic nitrogens is 2. The zero-order chi connectivity index (χ0) is 31.7. The molecule has 1 aromatic heterocycles. The third-order valence-corrected chi connectivity index (χ3v) is 8.05. The lowest BCUT2D eigenvalue weighted by molar-refractivity contribution is -0.136. The first-order valence-corrected chi connectivity index (χ1v) is 15.8. The van der Waals surface area contributed by atoms with Gasteiger partial charge >= 0.3 is 5.97 Å². The molecule has 0 bridgehead atoms. The van der Waals surface area contributed by atoms with E-state index in [2.05, 4.69) is 55.0 Å². The van der Waals surface area contributed by atoms with Crippen LogP contribution in [-0.2, 0) is 34.3 Å². The molecule has 0 saturated heterocycles. The molecule has 1 N–H and O–H groups in total. The summed E-state index contributed by atoms with van der Waals surface area (Å²) in [5, 5.41) is 9.34. The number of ether oxygens (including phenoxy) is 1. The van der Waals surface area contributed by atoms with Crippen LogP contribution in [0.2, 0.25) is 0 Å². The molecular weight excluding hydrogens is 552 g/mol. The van der Waals surface area contributed by atoms with Crippen LogP contribution in [0.3, 0.4) is 0 Å². The molecule has 8 nitrogen and oxygen atoms in total. The molecule has 1 atom stereocenters. The number of aliphatic imine (C=N–C) groups is 1. The fourth-order valence-corrected chi connectivity index (χ4v) is 5.68. The summed E-state index contributed by atoms with van der Waals surface area (Å²) in [5.41, 5.74) is 5.88. The molecule has 44 heavy (non-hydrogen) atoms. The van der Waals surface area contributed by atoms with Crippen molar-refractivity contribution in [1.82, 2.24) is 14.9 Å². The first-order chi connectivity index (χ1) is 21.1. The molecular formula is C36H46N4O4. The highest BCUT2D eigenvalue weighted by molar-refractivity contribution is 6.00. The number of aryl methyl sites for hydroxylation is 2. The molecule has 234 valence electrons. The number of hydrogen-bond donors (Lipinski definition) is 1. The minimum absolute atomic E-state index is 0.0273. The molecule has 0 radical (unpaired) electrons. The molecule has 1 unspecified atom stereocenters. The normalized spacial score (nSPS) is 15.3. The van der Waals surface area contributed by atoms with Gasteiger partial charge in [0.15, 0.2) is 0 Å². The summed E-state index contributed by atoms with van der Waals surface area (Å²) in [5.74, 6) is 0.700. The lowest BCUT2D eigenvalue weighted by Gasteiger charge is -2.30. The third-order valence-electron chi connectivity index (χ3n) is 8.05. The van der Waals surface area contributed by atoms with Crippen molar-refractivity contribution >= 4 is 17.7 Å². The number of carboxylic acids is 1. The largest absolute Gasteiger partial charge is 0.494 e. The Labute approximate surface area is 261 Å². The zero-order valence-corrected chi connectivity index (χ0v) is 26.8. The van der Waals surface area contributed by atoms with Gasteiger partial charge in [-0.15, -0.1) is 0 Å². The standard InChI is InChI=1S/C36H46N4O4/c1-6-40-33(39-30(23-34(40)41)12-8-10-25-14-17-28(18-15-25)36(3,4)5)13-9-11-29-22-31(38-24-37-29)26-16-19-32(44-7-2)27(20-26)21-35(42)43/h14-20,22,24,30H,6-13,21,23H2,1-5H3,(H,42,43). The minimum Gasteiger partial charge on any atom is -0.494 e. The molecule has 8 heteroatoms. The number of aliphatic carboxylic acids is 1. The van der Waals surface area contributed by atoms with Gasteiger partial charge in [-0.2, -0.15) is 0 Å². The van der Waals surface area contributed by atoms with E-state index in [0.717, 1.165) is 48.5 Å². The molecule has 1 aliphatic rings. The van der Waals surface area contributed by atoms with Crippen LogP contribution < -0.4 is 4.74 Å². The van der Waals surface area contributed by atoms with Crippen LogP contribution in [0.25, 0.3) is 11.3 Å². The summed E-state index contributed by atoms with van der Waals surface area (Å²) < 4.78 is 5.62. The van der Waals surface area contributed by atoms with Crippen molar-refractivity contribution in [3.8, 4) is 17.0 Å². The van der Waals surface area contributed by atoms with Gasteiger partial charge in [0.25, 0.3) is 0 Å². The maximum absolute atomic E-state index is 13.0. The van der Waals surface area contributed by atoms with Gasteiger partial charge in [0.05, 0.1) is 24.8 Å². The molecule has 0 spiro atoms. The average Bonchev–Trinajstić information content (AvgIpc) is 2.98. The van der Waals surface area contributed by atoms with E-state index < -0.39 is 5.97 Å². The quantitative estimate of drug-likeness (QED) is 0.218. The predicted octanol–water partition coefficient (Wildman–Crippen LogP) is 6.83. The van der Waals surface area contributed by atoms with E-state index in [1.54, 1.807) is 12.4 Å². The van der Waals surface area contributed by atoms with Crippen LogP contribution in [0.5, 0.6) is 5.75 Å². The number of nitrogens with zero attached hydrogens (tertiary/aromatic N) is 4. The molecule has 0 fully saturated rings. The van der Waals surface area contributed by atoms with Crippen LogP contribution in [0, 0.1) is 0 Å². The fourth-order valence-electron chi connectivity index (χ4n) is 5.68. The van der Waals surface area contributed by atoms with Crippen molar-refractivity contribution in [2.24, 2.45) is 4.99 Å². The number of benzene rings is 2. The van der Waals surface area contributed by atoms with Gasteiger partial charge in [-0.25, -0.2) is 9.97 Å². The molecule has 2 heterocycles. The Balaban J connectivity index is 1.36. The Hall–Kier alpha value is -4.07. The second-order valence-electron chi connectivity index (χ2n) is 12.5. The van der Waals surface area contributed by atoms with E-state index in [0.29, 0.717) is 43.7 Å². The second kappa shape index (κ2) is 15.1. The highest BCUT2D eigenvalue weighted by Crippen LogP contribution is 2.27. The summed E-state index contributed by atoms with van der Waals surface area (Å²) in [7, 11) is 0. The number of carbonyl (C=O) groups excluding carboxylic acids is 1. The van der Waals surface area contributed by atoms with Gasteiger partial charge in [-0.05, 0) is 86.8 Å². The van der Waals surface area contributed by atoms with Crippen molar-refractivity contribution in [2.75, 3.05) is 13.2 Å². The Bertz CT molecular complexity index is 1460. The van der Waals surface area contributed by atoms with Gasteiger partial charge < -0.3 is 14.7 Å². The van der Waals surface area contributed by atoms with Crippen LogP contribution >= 0.6 is 0 Å².